The van der Waals surface area contributed by atoms with Crippen LogP contribution in [0, 0.1) is 0 Å². The molecule has 0 aliphatic carbocycles. The first kappa shape index (κ1) is 25.1. The van der Waals surface area contributed by atoms with Gasteiger partial charge in [-0.2, -0.15) is 0 Å². The highest BCUT2D eigenvalue weighted by atomic mass is 32.2. The summed E-state index contributed by atoms with van der Waals surface area (Å²) < 4.78 is 7.45. The molecule has 2 amide bonds. The Morgan fingerprint density at radius 3 is 2.54 bits per heavy atom. The van der Waals surface area contributed by atoms with Crippen LogP contribution in [-0.4, -0.2) is 76.1 Å². The van der Waals surface area contributed by atoms with Crippen molar-refractivity contribution in [3.05, 3.63) is 66.1 Å². The molecule has 186 valence electrons. The Kier molecular flexibility index (Phi) is 7.97. The normalized spacial score (nSPS) is 14.8. The smallest absolute Gasteiger partial charge is 0.410 e. The highest BCUT2D eigenvalue weighted by Crippen LogP contribution is 2.26. The minimum atomic E-state index is -0.486. The standard InChI is InChI=1S/C26H33N5O3S/c1-26(2,3)34-25(33)30-16-14-29(15-17-30)13-11-27-24(32)21-8-4-5-9-22(21)35-19-20-18-31-12-7-6-10-23(31)28-20/h4-10,12,18H,11,13-17,19H2,1-3H3,(H,27,32). The first-order valence-electron chi connectivity index (χ1n) is 11.9. The number of hydrogen-bond donors (Lipinski definition) is 1. The average molecular weight is 496 g/mol. The van der Waals surface area contributed by atoms with Crippen molar-refractivity contribution in [1.82, 2.24) is 24.5 Å². The van der Waals surface area contributed by atoms with Crippen LogP contribution in [0.4, 0.5) is 4.79 Å². The van der Waals surface area contributed by atoms with Crippen molar-refractivity contribution in [1.29, 1.82) is 0 Å². The number of amides is 2. The first-order chi connectivity index (χ1) is 16.8. The van der Waals surface area contributed by atoms with Gasteiger partial charge in [-0.05, 0) is 45.0 Å². The number of benzene rings is 1. The van der Waals surface area contributed by atoms with E-state index >= 15 is 0 Å². The summed E-state index contributed by atoms with van der Waals surface area (Å²) in [7, 11) is 0. The van der Waals surface area contributed by atoms with Crippen molar-refractivity contribution in [2.24, 2.45) is 0 Å². The number of carbonyl (C=O) groups excluding carboxylic acids is 2. The molecule has 9 heteroatoms. The maximum atomic E-state index is 12.9. The number of piperazine rings is 1. The van der Waals surface area contributed by atoms with E-state index in [0.717, 1.165) is 35.9 Å². The second-order valence-electron chi connectivity index (χ2n) is 9.55. The first-order valence-corrected chi connectivity index (χ1v) is 12.9. The zero-order chi connectivity index (χ0) is 24.8. The van der Waals surface area contributed by atoms with Gasteiger partial charge in [0.2, 0.25) is 0 Å². The summed E-state index contributed by atoms with van der Waals surface area (Å²) in [4.78, 5) is 34.7. The fraction of sp³-hybridized carbons (Fsp3) is 0.423. The summed E-state index contributed by atoms with van der Waals surface area (Å²) in [6.07, 6.45) is 3.74. The molecule has 1 N–H and O–H groups in total. The number of aromatic nitrogens is 2. The maximum Gasteiger partial charge on any atom is 0.410 e. The van der Waals surface area contributed by atoms with Gasteiger partial charge in [-0.1, -0.05) is 18.2 Å². The van der Waals surface area contributed by atoms with Gasteiger partial charge in [-0.25, -0.2) is 9.78 Å². The zero-order valence-electron chi connectivity index (χ0n) is 20.6. The minimum Gasteiger partial charge on any atom is -0.444 e. The molecule has 0 spiro atoms. The topological polar surface area (TPSA) is 79.2 Å². The lowest BCUT2D eigenvalue weighted by atomic mass is 10.2. The summed E-state index contributed by atoms with van der Waals surface area (Å²) in [6.45, 7) is 9.71. The van der Waals surface area contributed by atoms with Crippen molar-refractivity contribution in [3.8, 4) is 0 Å². The van der Waals surface area contributed by atoms with E-state index in [1.165, 1.54) is 0 Å². The lowest BCUT2D eigenvalue weighted by Crippen LogP contribution is -2.51. The Labute approximate surface area is 210 Å². The maximum absolute atomic E-state index is 12.9. The lowest BCUT2D eigenvalue weighted by Gasteiger charge is -2.35. The number of fused-ring (bicyclic) bond motifs is 1. The number of ether oxygens (including phenoxy) is 1. The van der Waals surface area contributed by atoms with Gasteiger partial charge in [0.25, 0.3) is 5.91 Å². The third kappa shape index (κ3) is 6.99. The van der Waals surface area contributed by atoms with E-state index in [1.54, 1.807) is 16.7 Å². The van der Waals surface area contributed by atoms with Gasteiger partial charge in [0.1, 0.15) is 11.2 Å². The lowest BCUT2D eigenvalue weighted by molar-refractivity contribution is 0.0147. The monoisotopic (exact) mass is 495 g/mol. The van der Waals surface area contributed by atoms with Crippen LogP contribution >= 0.6 is 11.8 Å². The van der Waals surface area contributed by atoms with Crippen LogP contribution in [0.25, 0.3) is 5.65 Å². The van der Waals surface area contributed by atoms with Crippen LogP contribution < -0.4 is 5.32 Å². The Morgan fingerprint density at radius 1 is 1.06 bits per heavy atom. The fourth-order valence-electron chi connectivity index (χ4n) is 3.89. The predicted octanol–water partition coefficient (Wildman–Crippen LogP) is 3.91. The van der Waals surface area contributed by atoms with Crippen molar-refractivity contribution >= 4 is 29.4 Å². The molecule has 0 unspecified atom stereocenters. The molecule has 1 aliphatic rings. The summed E-state index contributed by atoms with van der Waals surface area (Å²) >= 11 is 1.62. The molecule has 3 heterocycles. The number of pyridine rings is 1. The number of rotatable bonds is 7. The summed E-state index contributed by atoms with van der Waals surface area (Å²) in [5.41, 5.74) is 2.08. The molecule has 1 saturated heterocycles. The number of carbonyl (C=O) groups is 2. The molecule has 1 aliphatic heterocycles. The zero-order valence-corrected chi connectivity index (χ0v) is 21.4. The van der Waals surface area contributed by atoms with E-state index in [9.17, 15) is 9.59 Å². The van der Waals surface area contributed by atoms with Gasteiger partial charge >= 0.3 is 6.09 Å². The Morgan fingerprint density at radius 2 is 1.80 bits per heavy atom. The molecule has 4 rings (SSSR count). The van der Waals surface area contributed by atoms with E-state index in [4.69, 9.17) is 4.74 Å². The van der Waals surface area contributed by atoms with Crippen molar-refractivity contribution in [3.63, 3.8) is 0 Å². The molecule has 0 radical (unpaired) electrons. The molecular weight excluding hydrogens is 462 g/mol. The number of nitrogens with zero attached hydrogens (tertiary/aromatic N) is 4. The van der Waals surface area contributed by atoms with Crippen molar-refractivity contribution in [2.45, 2.75) is 37.0 Å². The van der Waals surface area contributed by atoms with Crippen LogP contribution in [0.1, 0.15) is 36.8 Å². The Balaban J connectivity index is 1.24. The molecule has 1 aromatic carbocycles. The number of nitrogens with one attached hydrogen (secondary N) is 1. The third-order valence-electron chi connectivity index (χ3n) is 5.66. The SMILES string of the molecule is CC(C)(C)OC(=O)N1CCN(CCNC(=O)c2ccccc2SCc2cn3ccccc3n2)CC1. The molecule has 35 heavy (non-hydrogen) atoms. The number of thioether (sulfide) groups is 1. The van der Waals surface area contributed by atoms with E-state index in [0.29, 0.717) is 31.0 Å². The van der Waals surface area contributed by atoms with E-state index in [2.05, 4.69) is 15.2 Å². The minimum absolute atomic E-state index is 0.0736. The highest BCUT2D eigenvalue weighted by molar-refractivity contribution is 7.98. The fourth-order valence-corrected chi connectivity index (χ4v) is 4.83. The largest absolute Gasteiger partial charge is 0.444 e. The van der Waals surface area contributed by atoms with Gasteiger partial charge in [0.05, 0.1) is 11.3 Å². The Hall–Kier alpha value is -3.04. The second kappa shape index (κ2) is 11.1. The van der Waals surface area contributed by atoms with Crippen molar-refractivity contribution in [2.75, 3.05) is 39.3 Å². The average Bonchev–Trinajstić information content (AvgIpc) is 3.25. The van der Waals surface area contributed by atoms with Crippen LogP contribution in [0.15, 0.2) is 59.8 Å². The summed E-state index contributed by atoms with van der Waals surface area (Å²) in [5, 5.41) is 3.05. The predicted molar refractivity (Wildman–Crippen MR) is 138 cm³/mol. The summed E-state index contributed by atoms with van der Waals surface area (Å²) in [5.74, 6) is 0.615. The Bertz CT molecular complexity index is 1130. The van der Waals surface area contributed by atoms with Crippen LogP contribution in [0.2, 0.25) is 0 Å². The molecule has 3 aromatic rings. The number of imidazole rings is 1. The molecule has 8 nitrogen and oxygen atoms in total. The molecule has 0 bridgehead atoms. The van der Waals surface area contributed by atoms with E-state index < -0.39 is 5.60 Å². The van der Waals surface area contributed by atoms with Crippen LogP contribution in [-0.2, 0) is 10.5 Å². The van der Waals surface area contributed by atoms with Gasteiger partial charge in [-0.3, -0.25) is 9.69 Å². The second-order valence-corrected chi connectivity index (χ2v) is 10.6. The van der Waals surface area contributed by atoms with Crippen molar-refractivity contribution < 1.29 is 14.3 Å². The highest BCUT2D eigenvalue weighted by Gasteiger charge is 2.25. The third-order valence-corrected chi connectivity index (χ3v) is 6.77. The quantitative estimate of drug-likeness (QED) is 0.501. The van der Waals surface area contributed by atoms with Gasteiger partial charge in [0, 0.05) is 62.3 Å². The van der Waals surface area contributed by atoms with Crippen LogP contribution in [0.3, 0.4) is 0 Å². The van der Waals surface area contributed by atoms with Gasteiger partial charge in [-0.15, -0.1) is 11.8 Å². The van der Waals surface area contributed by atoms with E-state index in [1.807, 2.05) is 80.0 Å². The molecular formula is C26H33N5O3S. The van der Waals surface area contributed by atoms with Gasteiger partial charge < -0.3 is 19.4 Å². The van der Waals surface area contributed by atoms with E-state index in [-0.39, 0.29) is 12.0 Å². The summed E-state index contributed by atoms with van der Waals surface area (Å²) in [6, 6.07) is 13.6. The number of hydrogen-bond acceptors (Lipinski definition) is 6. The molecule has 0 saturated carbocycles. The molecule has 1 fully saturated rings. The molecule has 0 atom stereocenters. The molecule has 2 aromatic heterocycles. The van der Waals surface area contributed by atoms with Crippen LogP contribution in [0.5, 0.6) is 0 Å². The van der Waals surface area contributed by atoms with Gasteiger partial charge in [0.15, 0.2) is 0 Å².